The Labute approximate surface area is 307 Å². The van der Waals surface area contributed by atoms with Gasteiger partial charge in [-0.3, -0.25) is 0 Å². The number of rotatable bonds is 3. The van der Waals surface area contributed by atoms with Crippen molar-refractivity contribution in [2.24, 2.45) is 0 Å². The van der Waals surface area contributed by atoms with E-state index in [0.717, 1.165) is 0 Å². The summed E-state index contributed by atoms with van der Waals surface area (Å²) < 4.78 is 2.69. The molecule has 1 aliphatic carbocycles. The van der Waals surface area contributed by atoms with Crippen molar-refractivity contribution in [3.05, 3.63) is 181 Å². The minimum atomic E-state index is -0.0110. The molecule has 11 rings (SSSR count). The van der Waals surface area contributed by atoms with Crippen molar-refractivity contribution >= 4 is 63.8 Å². The van der Waals surface area contributed by atoms with Gasteiger partial charge in [-0.25, -0.2) is 0 Å². The minimum absolute atomic E-state index is 0.0110. The van der Waals surface area contributed by atoms with Crippen LogP contribution in [-0.4, -0.2) is 0 Å². The van der Waals surface area contributed by atoms with Crippen LogP contribution in [0, 0.1) is 0 Å². The minimum Gasteiger partial charge on any atom is -0.135 e. The predicted molar refractivity (Wildman–Crippen MR) is 226 cm³/mol. The quantitative estimate of drug-likeness (QED) is 0.163. The third-order valence-electron chi connectivity index (χ3n) is 11.6. The Morgan fingerprint density at radius 2 is 0.962 bits per heavy atom. The molecule has 0 atom stereocenters. The zero-order chi connectivity index (χ0) is 34.6. The van der Waals surface area contributed by atoms with Gasteiger partial charge in [0.15, 0.2) is 0 Å². The number of fused-ring (bicyclic) bond motifs is 10. The third-order valence-corrected chi connectivity index (χ3v) is 12.8. The van der Waals surface area contributed by atoms with E-state index < -0.39 is 0 Å². The Kier molecular flexibility index (Phi) is 6.27. The number of hydrogen-bond donors (Lipinski definition) is 0. The first kappa shape index (κ1) is 29.7. The van der Waals surface area contributed by atoms with Gasteiger partial charge in [0.2, 0.25) is 0 Å². The fraction of sp³-hybridized carbons (Fsp3) is 0.0588. The van der Waals surface area contributed by atoms with Crippen LogP contribution in [-0.2, 0) is 5.41 Å². The molecule has 0 bridgehead atoms. The molecule has 1 heteroatoms. The van der Waals surface area contributed by atoms with Crippen LogP contribution in [0.3, 0.4) is 0 Å². The normalized spacial score (nSPS) is 13.3. The average Bonchev–Trinajstić information content (AvgIpc) is 3.68. The summed E-state index contributed by atoms with van der Waals surface area (Å²) in [6.07, 6.45) is 0. The average molecular weight is 679 g/mol. The molecule has 1 aromatic heterocycles. The van der Waals surface area contributed by atoms with Gasteiger partial charge in [-0.15, -0.1) is 11.3 Å². The van der Waals surface area contributed by atoms with Crippen molar-refractivity contribution in [2.45, 2.75) is 19.3 Å². The van der Waals surface area contributed by atoms with Gasteiger partial charge in [-0.05, 0) is 112 Å². The Morgan fingerprint density at radius 1 is 0.365 bits per heavy atom. The van der Waals surface area contributed by atoms with Crippen LogP contribution in [0.5, 0.6) is 0 Å². The van der Waals surface area contributed by atoms with E-state index in [-0.39, 0.29) is 5.41 Å². The molecule has 244 valence electrons. The molecule has 0 fully saturated rings. The van der Waals surface area contributed by atoms with Crippen molar-refractivity contribution in [3.63, 3.8) is 0 Å². The lowest BCUT2D eigenvalue weighted by Gasteiger charge is -2.21. The van der Waals surface area contributed by atoms with Gasteiger partial charge in [0, 0.05) is 25.6 Å². The zero-order valence-electron chi connectivity index (χ0n) is 29.1. The van der Waals surface area contributed by atoms with E-state index in [0.29, 0.717) is 0 Å². The lowest BCUT2D eigenvalue weighted by atomic mass is 9.82. The Morgan fingerprint density at radius 3 is 1.71 bits per heavy atom. The molecule has 0 amide bonds. The maximum absolute atomic E-state index is 2.45. The van der Waals surface area contributed by atoms with Gasteiger partial charge in [0.05, 0.1) is 0 Å². The summed E-state index contributed by atoms with van der Waals surface area (Å²) >= 11 is 1.92. The van der Waals surface area contributed by atoms with Crippen LogP contribution in [0.1, 0.15) is 25.0 Å². The van der Waals surface area contributed by atoms with E-state index in [1.165, 1.54) is 108 Å². The van der Waals surface area contributed by atoms with Gasteiger partial charge in [0.1, 0.15) is 0 Å². The smallest absolute Gasteiger partial charge is 0.0361 e. The molecule has 1 aliphatic rings. The summed E-state index contributed by atoms with van der Waals surface area (Å²) in [7, 11) is 0. The molecule has 10 aromatic rings. The molecule has 0 saturated heterocycles. The van der Waals surface area contributed by atoms with Crippen molar-refractivity contribution < 1.29 is 0 Å². The first-order valence-corrected chi connectivity index (χ1v) is 19.0. The first-order valence-electron chi connectivity index (χ1n) is 18.2. The molecule has 0 N–H and O–H groups in total. The molecule has 52 heavy (non-hydrogen) atoms. The Balaban J connectivity index is 1.12. The summed E-state index contributed by atoms with van der Waals surface area (Å²) in [6, 6.07) is 63.5. The molecule has 0 saturated carbocycles. The molecule has 9 aromatic carbocycles. The highest BCUT2D eigenvalue weighted by atomic mass is 32.1. The van der Waals surface area contributed by atoms with E-state index in [1.807, 2.05) is 11.3 Å². The topological polar surface area (TPSA) is 0 Å². The Hall–Kier alpha value is -6.02. The van der Waals surface area contributed by atoms with Gasteiger partial charge in [0.25, 0.3) is 0 Å². The fourth-order valence-electron chi connectivity index (χ4n) is 9.19. The van der Waals surface area contributed by atoms with Crippen LogP contribution < -0.4 is 0 Å². The van der Waals surface area contributed by atoms with Crippen molar-refractivity contribution in [3.8, 4) is 44.5 Å². The van der Waals surface area contributed by atoms with Crippen LogP contribution >= 0.6 is 11.3 Å². The largest absolute Gasteiger partial charge is 0.135 e. The van der Waals surface area contributed by atoms with Crippen LogP contribution in [0.15, 0.2) is 170 Å². The standard InChI is InChI=1S/C51H34S/c1-51(2)43-21-10-9-20-41(43)49-44(51)26-27-45-50(49)42-25-24-36(30-46(42)52-45)48-39-18-7-5-16-37(39)47(38-17-6-8-19-40(38)48)35-15-11-14-33(29-35)34-23-22-31-12-3-4-13-32(31)28-34/h3-30H,1-2H3. The maximum atomic E-state index is 2.45. The molecule has 0 radical (unpaired) electrons. The van der Waals surface area contributed by atoms with Crippen molar-refractivity contribution in [1.82, 2.24) is 0 Å². The van der Waals surface area contributed by atoms with Crippen LogP contribution in [0.2, 0.25) is 0 Å². The van der Waals surface area contributed by atoms with Gasteiger partial charge < -0.3 is 0 Å². The highest BCUT2D eigenvalue weighted by Gasteiger charge is 2.36. The summed E-state index contributed by atoms with van der Waals surface area (Å²) in [5, 5.41) is 10.4. The molecule has 0 spiro atoms. The molecule has 0 aliphatic heterocycles. The molecule has 1 heterocycles. The Bertz CT molecular complexity index is 3040. The lowest BCUT2D eigenvalue weighted by molar-refractivity contribution is 0.661. The van der Waals surface area contributed by atoms with E-state index in [1.54, 1.807) is 0 Å². The highest BCUT2D eigenvalue weighted by Crippen LogP contribution is 2.54. The summed E-state index contributed by atoms with van der Waals surface area (Å²) in [5.74, 6) is 0. The fourth-order valence-corrected chi connectivity index (χ4v) is 10.3. The summed E-state index contributed by atoms with van der Waals surface area (Å²) in [6.45, 7) is 4.74. The first-order chi connectivity index (χ1) is 25.5. The number of thiophene rings is 1. The van der Waals surface area contributed by atoms with E-state index >= 15 is 0 Å². The summed E-state index contributed by atoms with van der Waals surface area (Å²) in [4.78, 5) is 0. The van der Waals surface area contributed by atoms with Crippen LogP contribution in [0.25, 0.3) is 97.0 Å². The lowest BCUT2D eigenvalue weighted by Crippen LogP contribution is -2.14. The monoisotopic (exact) mass is 678 g/mol. The molecular weight excluding hydrogens is 645 g/mol. The molecule has 0 nitrogen and oxygen atoms in total. The van der Waals surface area contributed by atoms with E-state index in [2.05, 4.69) is 184 Å². The van der Waals surface area contributed by atoms with E-state index in [9.17, 15) is 0 Å². The van der Waals surface area contributed by atoms with Crippen LogP contribution in [0.4, 0.5) is 0 Å². The van der Waals surface area contributed by atoms with Gasteiger partial charge in [-0.2, -0.15) is 0 Å². The van der Waals surface area contributed by atoms with Crippen molar-refractivity contribution in [1.29, 1.82) is 0 Å². The SMILES string of the molecule is CC1(C)c2ccccc2-c2c1ccc1sc3cc(-c4c5ccccc5c(-c5cccc(-c6ccc7ccccc7c6)c5)c5ccccc45)ccc3c21. The number of benzene rings is 9. The van der Waals surface area contributed by atoms with Gasteiger partial charge >= 0.3 is 0 Å². The number of hydrogen-bond acceptors (Lipinski definition) is 1. The van der Waals surface area contributed by atoms with Gasteiger partial charge in [-0.1, -0.05) is 159 Å². The second kappa shape index (κ2) is 11.0. The summed E-state index contributed by atoms with van der Waals surface area (Å²) in [5.41, 5.74) is 13.2. The maximum Gasteiger partial charge on any atom is 0.0361 e. The second-order valence-corrected chi connectivity index (χ2v) is 15.9. The zero-order valence-corrected chi connectivity index (χ0v) is 29.9. The second-order valence-electron chi connectivity index (χ2n) is 14.8. The highest BCUT2D eigenvalue weighted by molar-refractivity contribution is 7.26. The van der Waals surface area contributed by atoms with E-state index in [4.69, 9.17) is 0 Å². The predicted octanol–water partition coefficient (Wildman–Crippen LogP) is 14.8. The molecular formula is C51H34S. The molecule has 0 unspecified atom stereocenters. The third kappa shape index (κ3) is 4.21. The van der Waals surface area contributed by atoms with Crippen molar-refractivity contribution in [2.75, 3.05) is 0 Å².